The first kappa shape index (κ1) is 37.4. The van der Waals surface area contributed by atoms with Crippen LogP contribution in [0.2, 0.25) is 0 Å². The Hall–Kier alpha value is -3.88. The Labute approximate surface area is 311 Å². The zero-order valence-electron chi connectivity index (χ0n) is 30.6. The van der Waals surface area contributed by atoms with Crippen LogP contribution in [0.3, 0.4) is 0 Å². The van der Waals surface area contributed by atoms with Crippen molar-refractivity contribution in [1.29, 1.82) is 0 Å². The van der Waals surface area contributed by atoms with Crippen LogP contribution < -0.4 is 15.4 Å². The number of benzene rings is 1. The maximum Gasteiger partial charge on any atom is 0.410 e. The maximum atomic E-state index is 14.4. The van der Waals surface area contributed by atoms with Gasteiger partial charge < -0.3 is 25.0 Å². The number of carbonyl (C=O) groups excluding carboxylic acids is 5. The van der Waals surface area contributed by atoms with Crippen LogP contribution in [0, 0.1) is 11.8 Å². The third-order valence-corrected chi connectivity index (χ3v) is 13.9. The summed E-state index contributed by atoms with van der Waals surface area (Å²) in [5, 5.41) is 5.06. The molecule has 6 aliphatic rings. The third kappa shape index (κ3) is 8.44. The standard InChI is InChI=1S/C38H53N5O9S/c1-24-10-7-8-11-25-12-9-13-26-20-42(22-30(25)26)37(48)52-28-18-32-33(44)40-38(35(46)41-53(49,50)29-16-17-29)19-27(38)14-5-3-2-4-6-15-31(34(45)43(32)21-28)39-36(47)51-23-24/h9,12-13,24,27-29,31-32H,2-8,10-11,14-23H2,1H3,(H,39,47)(H,40,44)(H,41,46)/t24-,27+,28-,31+,32+,38-/m1/s1. The predicted octanol–water partition coefficient (Wildman–Crippen LogP) is 3.79. The summed E-state index contributed by atoms with van der Waals surface area (Å²) in [6.07, 6.45) is 7.77. The lowest BCUT2D eigenvalue weighted by Gasteiger charge is -2.30. The van der Waals surface area contributed by atoms with Gasteiger partial charge in [-0.05, 0) is 79.9 Å². The Kier molecular flexibility index (Phi) is 10.9. The molecule has 6 atom stereocenters. The van der Waals surface area contributed by atoms with E-state index in [1.54, 1.807) is 4.90 Å². The van der Waals surface area contributed by atoms with Gasteiger partial charge in [-0.15, -0.1) is 0 Å². The van der Waals surface area contributed by atoms with Crippen molar-refractivity contribution in [3.8, 4) is 0 Å². The van der Waals surface area contributed by atoms with Crippen LogP contribution in [0.25, 0.3) is 0 Å². The number of rotatable bonds is 3. The molecule has 0 radical (unpaired) electrons. The number of sulfonamides is 1. The number of alkyl carbamates (subject to hydrolysis) is 1. The molecule has 290 valence electrons. The van der Waals surface area contributed by atoms with Gasteiger partial charge >= 0.3 is 12.2 Å². The summed E-state index contributed by atoms with van der Waals surface area (Å²) >= 11 is 0. The number of fused-ring (bicyclic) bond motifs is 4. The van der Waals surface area contributed by atoms with Crippen molar-refractivity contribution in [3.05, 3.63) is 34.9 Å². The van der Waals surface area contributed by atoms with Crippen LogP contribution in [-0.2, 0) is 53.4 Å². The van der Waals surface area contributed by atoms with Gasteiger partial charge in [0.1, 0.15) is 23.7 Å². The SMILES string of the molecule is C[C@@H]1CCCCc2cccc3c2CN(C3)C(=O)O[C@@H]2C[C@H]3C(=O)N[C@]4(C(=O)NS(=O)(=O)C5CC5)C[C@@H]4CCCCCCC[C@H](NC(=O)OC1)C(=O)N3C2. The van der Waals surface area contributed by atoms with Crippen LogP contribution in [-0.4, -0.2) is 90.3 Å². The Morgan fingerprint density at radius 2 is 1.66 bits per heavy atom. The van der Waals surface area contributed by atoms with E-state index in [2.05, 4.69) is 21.4 Å². The molecule has 3 N–H and O–H groups in total. The zero-order chi connectivity index (χ0) is 37.3. The molecule has 2 saturated carbocycles. The van der Waals surface area contributed by atoms with Crippen LogP contribution in [0.15, 0.2) is 18.2 Å². The van der Waals surface area contributed by atoms with Crippen LogP contribution in [0.1, 0.15) is 114 Å². The zero-order valence-corrected chi connectivity index (χ0v) is 31.4. The van der Waals surface area contributed by atoms with E-state index in [-0.39, 0.29) is 37.8 Å². The lowest BCUT2D eigenvalue weighted by molar-refractivity contribution is -0.141. The molecule has 7 rings (SSSR count). The average molecular weight is 756 g/mol. The molecular formula is C38H53N5O9S. The normalized spacial score (nSPS) is 31.9. The van der Waals surface area contributed by atoms with Gasteiger partial charge in [0.25, 0.3) is 5.91 Å². The first-order chi connectivity index (χ1) is 25.4. The highest BCUT2D eigenvalue weighted by Crippen LogP contribution is 2.48. The molecule has 5 bridgehead atoms. The predicted molar refractivity (Wildman–Crippen MR) is 192 cm³/mol. The number of hydrogen-bond acceptors (Lipinski definition) is 9. The number of hydrogen-bond donors (Lipinski definition) is 3. The van der Waals surface area contributed by atoms with Crippen molar-refractivity contribution in [2.24, 2.45) is 11.8 Å². The quantitative estimate of drug-likeness (QED) is 0.414. The smallest absolute Gasteiger partial charge is 0.410 e. The van der Waals surface area contributed by atoms with Gasteiger partial charge in [-0.1, -0.05) is 63.6 Å². The van der Waals surface area contributed by atoms with E-state index in [0.29, 0.717) is 45.2 Å². The minimum Gasteiger partial charge on any atom is -0.449 e. The molecule has 53 heavy (non-hydrogen) atoms. The van der Waals surface area contributed by atoms with E-state index < -0.39 is 68.9 Å². The van der Waals surface area contributed by atoms with E-state index in [9.17, 15) is 32.4 Å². The number of ether oxygens (including phenoxy) is 2. The van der Waals surface area contributed by atoms with E-state index in [1.807, 2.05) is 19.1 Å². The molecule has 0 unspecified atom stereocenters. The molecular weight excluding hydrogens is 703 g/mol. The molecule has 2 saturated heterocycles. The first-order valence-corrected chi connectivity index (χ1v) is 21.1. The van der Waals surface area contributed by atoms with Gasteiger partial charge in [0.05, 0.1) is 18.4 Å². The molecule has 1 aromatic rings. The fourth-order valence-electron chi connectivity index (χ4n) is 8.62. The van der Waals surface area contributed by atoms with Crippen molar-refractivity contribution >= 4 is 39.9 Å². The van der Waals surface area contributed by atoms with E-state index in [1.165, 1.54) is 10.5 Å². The molecule has 0 spiro atoms. The van der Waals surface area contributed by atoms with Crippen molar-refractivity contribution < 1.29 is 41.9 Å². The number of aryl methyl sites for hydroxylation is 1. The molecule has 14 nitrogen and oxygen atoms in total. The molecule has 2 aliphatic carbocycles. The number of amides is 5. The molecule has 4 fully saturated rings. The third-order valence-electron chi connectivity index (χ3n) is 12.0. The van der Waals surface area contributed by atoms with Crippen molar-refractivity contribution in [2.75, 3.05) is 13.2 Å². The molecule has 0 aromatic heterocycles. The Bertz CT molecular complexity index is 1720. The molecule has 1 aromatic carbocycles. The van der Waals surface area contributed by atoms with Crippen molar-refractivity contribution in [3.63, 3.8) is 0 Å². The average Bonchev–Trinajstić information content (AvgIpc) is 4.01. The molecule has 5 amide bonds. The van der Waals surface area contributed by atoms with Crippen molar-refractivity contribution in [1.82, 2.24) is 25.2 Å². The summed E-state index contributed by atoms with van der Waals surface area (Å²) in [7, 11) is -3.87. The number of nitrogens with one attached hydrogen (secondary N) is 3. The van der Waals surface area contributed by atoms with Crippen LogP contribution in [0.5, 0.6) is 0 Å². The molecule has 4 aliphatic heterocycles. The lowest BCUT2D eigenvalue weighted by atomic mass is 9.97. The highest BCUT2D eigenvalue weighted by molar-refractivity contribution is 7.91. The topological polar surface area (TPSA) is 181 Å². The van der Waals surface area contributed by atoms with Gasteiger partial charge in [-0.2, -0.15) is 0 Å². The van der Waals surface area contributed by atoms with Gasteiger partial charge in [-0.3, -0.25) is 24.0 Å². The summed E-state index contributed by atoms with van der Waals surface area (Å²) in [5.74, 6) is -2.02. The Morgan fingerprint density at radius 1 is 0.925 bits per heavy atom. The fourth-order valence-corrected chi connectivity index (χ4v) is 9.98. The highest BCUT2D eigenvalue weighted by atomic mass is 32.2. The minimum absolute atomic E-state index is 0.0211. The Morgan fingerprint density at radius 3 is 2.45 bits per heavy atom. The summed E-state index contributed by atoms with van der Waals surface area (Å²) < 4.78 is 39.5. The number of carbonyl (C=O) groups is 5. The van der Waals surface area contributed by atoms with Crippen molar-refractivity contribution in [2.45, 2.75) is 145 Å². The van der Waals surface area contributed by atoms with Crippen LogP contribution in [0.4, 0.5) is 9.59 Å². The minimum atomic E-state index is -3.87. The van der Waals surface area contributed by atoms with E-state index in [0.717, 1.165) is 62.5 Å². The maximum absolute atomic E-state index is 14.4. The summed E-state index contributed by atoms with van der Waals surface area (Å²) in [4.78, 5) is 72.2. The second kappa shape index (κ2) is 15.5. The Balaban J connectivity index is 1.16. The van der Waals surface area contributed by atoms with Gasteiger partial charge in [0, 0.05) is 19.5 Å². The number of cyclic esters (lactones) is 1. The summed E-state index contributed by atoms with van der Waals surface area (Å²) in [5.41, 5.74) is 1.95. The monoisotopic (exact) mass is 755 g/mol. The van der Waals surface area contributed by atoms with E-state index >= 15 is 0 Å². The van der Waals surface area contributed by atoms with Gasteiger partial charge in [0.15, 0.2) is 0 Å². The molecule has 15 heteroatoms. The largest absolute Gasteiger partial charge is 0.449 e. The summed E-state index contributed by atoms with van der Waals surface area (Å²) in [6.45, 7) is 2.95. The molecule has 4 heterocycles. The second-order valence-corrected chi connectivity index (χ2v) is 18.1. The van der Waals surface area contributed by atoms with Gasteiger partial charge in [0.2, 0.25) is 21.8 Å². The van der Waals surface area contributed by atoms with E-state index in [4.69, 9.17) is 9.47 Å². The van der Waals surface area contributed by atoms with Gasteiger partial charge in [-0.25, -0.2) is 18.0 Å². The fraction of sp³-hybridized carbons (Fsp3) is 0.711. The summed E-state index contributed by atoms with van der Waals surface area (Å²) in [6, 6.07) is 4.01. The lowest BCUT2D eigenvalue weighted by Crippen LogP contribution is -2.58. The first-order valence-electron chi connectivity index (χ1n) is 19.6. The van der Waals surface area contributed by atoms with Crippen LogP contribution >= 0.6 is 0 Å². The number of nitrogens with zero attached hydrogens (tertiary/aromatic N) is 2. The highest BCUT2D eigenvalue weighted by Gasteiger charge is 2.62. The second-order valence-electron chi connectivity index (χ2n) is 16.2.